The van der Waals surface area contributed by atoms with E-state index in [0.717, 1.165) is 17.7 Å². The van der Waals surface area contributed by atoms with Crippen LogP contribution in [0.15, 0.2) is 83.9 Å². The van der Waals surface area contributed by atoms with Gasteiger partial charge < -0.3 is 5.11 Å². The fraction of sp³-hybridized carbons (Fsp3) is 0.0833. The number of carbonyl (C=O) groups is 1. The van der Waals surface area contributed by atoms with Crippen LogP contribution in [0.25, 0.3) is 10.9 Å². The molecule has 0 spiro atoms. The third kappa shape index (κ3) is 3.45. The summed E-state index contributed by atoms with van der Waals surface area (Å²) in [5, 5.41) is 11.2. The summed E-state index contributed by atoms with van der Waals surface area (Å²) in [5.74, 6) is -0.106. The van der Waals surface area contributed by atoms with Crippen molar-refractivity contribution in [2.75, 3.05) is 0 Å². The quantitative estimate of drug-likeness (QED) is 0.494. The van der Waals surface area contributed by atoms with E-state index in [9.17, 15) is 9.90 Å². The number of carbonyl (C=O) groups excluding carboxylic acids is 1. The third-order valence-corrected chi connectivity index (χ3v) is 4.70. The summed E-state index contributed by atoms with van der Waals surface area (Å²) < 4.78 is 1.49. The summed E-state index contributed by atoms with van der Waals surface area (Å²) in [6.45, 7) is 1.48. The molecule has 0 radical (unpaired) electrons. The minimum Gasteiger partial charge on any atom is -0.505 e. The van der Waals surface area contributed by atoms with E-state index in [2.05, 4.69) is 23.2 Å². The van der Waals surface area contributed by atoms with E-state index in [0.29, 0.717) is 16.6 Å². The average molecular weight is 368 g/mol. The largest absolute Gasteiger partial charge is 0.505 e. The summed E-state index contributed by atoms with van der Waals surface area (Å²) in [6, 6.07) is 25.5. The van der Waals surface area contributed by atoms with Crippen molar-refractivity contribution >= 4 is 28.7 Å². The lowest BCUT2D eigenvalue weighted by molar-refractivity contribution is 0.0940. The van der Waals surface area contributed by atoms with E-state index in [1.807, 2.05) is 54.6 Å². The second-order valence-electron chi connectivity index (χ2n) is 6.70. The number of nitrogens with zero attached hydrogens (tertiary/aromatic N) is 2. The molecule has 4 nitrogen and oxygen atoms in total. The highest BCUT2D eigenvalue weighted by molar-refractivity contribution is 6.04. The number of aromatic hydroxyl groups is 1. The summed E-state index contributed by atoms with van der Waals surface area (Å²) in [6.07, 6.45) is 2.38. The van der Waals surface area contributed by atoms with E-state index >= 15 is 0 Å². The predicted molar refractivity (Wildman–Crippen MR) is 113 cm³/mol. The molecule has 0 aliphatic rings. The Labute approximate surface area is 163 Å². The SMILES string of the molecule is CC(=O)n1c(C=Nc2cccc(Cc3ccccc3)c2)c(O)c2ccccc21. The first-order valence-electron chi connectivity index (χ1n) is 9.14. The van der Waals surface area contributed by atoms with Gasteiger partial charge in [0, 0.05) is 12.3 Å². The zero-order valence-electron chi connectivity index (χ0n) is 15.5. The van der Waals surface area contributed by atoms with Crippen LogP contribution in [0.3, 0.4) is 0 Å². The van der Waals surface area contributed by atoms with Gasteiger partial charge in [0.2, 0.25) is 5.91 Å². The summed E-state index contributed by atoms with van der Waals surface area (Å²) >= 11 is 0. The van der Waals surface area contributed by atoms with Crippen LogP contribution in [0.2, 0.25) is 0 Å². The maximum Gasteiger partial charge on any atom is 0.228 e. The highest BCUT2D eigenvalue weighted by Gasteiger charge is 2.17. The van der Waals surface area contributed by atoms with Crippen molar-refractivity contribution < 1.29 is 9.90 Å². The van der Waals surface area contributed by atoms with Gasteiger partial charge in [-0.1, -0.05) is 54.6 Å². The molecule has 4 rings (SSSR count). The molecule has 1 heterocycles. The zero-order valence-corrected chi connectivity index (χ0v) is 15.5. The fourth-order valence-corrected chi connectivity index (χ4v) is 3.41. The molecule has 0 bridgehead atoms. The highest BCUT2D eigenvalue weighted by atomic mass is 16.3. The van der Waals surface area contributed by atoms with Gasteiger partial charge in [0.05, 0.1) is 17.4 Å². The van der Waals surface area contributed by atoms with Crippen molar-refractivity contribution in [1.29, 1.82) is 0 Å². The Balaban J connectivity index is 1.68. The van der Waals surface area contributed by atoms with E-state index in [4.69, 9.17) is 0 Å². The molecule has 0 atom stereocenters. The van der Waals surface area contributed by atoms with Crippen LogP contribution in [-0.4, -0.2) is 21.8 Å². The number of aliphatic imine (C=N–C) groups is 1. The zero-order chi connectivity index (χ0) is 19.5. The molecule has 0 fully saturated rings. The van der Waals surface area contributed by atoms with Gasteiger partial charge in [-0.05, 0) is 41.8 Å². The van der Waals surface area contributed by atoms with Gasteiger partial charge >= 0.3 is 0 Å². The Bertz CT molecular complexity index is 1170. The number of fused-ring (bicyclic) bond motifs is 1. The molecule has 1 aromatic heterocycles. The van der Waals surface area contributed by atoms with Crippen LogP contribution in [0.1, 0.15) is 28.5 Å². The van der Waals surface area contributed by atoms with Crippen molar-refractivity contribution in [2.45, 2.75) is 13.3 Å². The van der Waals surface area contributed by atoms with Crippen molar-refractivity contribution in [2.24, 2.45) is 4.99 Å². The van der Waals surface area contributed by atoms with E-state index < -0.39 is 0 Å². The molecule has 0 amide bonds. The van der Waals surface area contributed by atoms with Crippen LogP contribution in [0.4, 0.5) is 5.69 Å². The van der Waals surface area contributed by atoms with Crippen LogP contribution in [-0.2, 0) is 6.42 Å². The van der Waals surface area contributed by atoms with E-state index in [-0.39, 0.29) is 11.7 Å². The van der Waals surface area contributed by atoms with E-state index in [1.165, 1.54) is 17.1 Å². The molecule has 0 saturated heterocycles. The molecular weight excluding hydrogens is 348 g/mol. The number of para-hydroxylation sites is 1. The molecule has 28 heavy (non-hydrogen) atoms. The first kappa shape index (κ1) is 17.7. The predicted octanol–water partition coefficient (Wildman–Crippen LogP) is 5.35. The maximum absolute atomic E-state index is 12.2. The Morgan fingerprint density at radius 1 is 0.964 bits per heavy atom. The van der Waals surface area contributed by atoms with Crippen molar-refractivity contribution in [3.05, 3.63) is 95.7 Å². The Morgan fingerprint density at radius 2 is 1.68 bits per heavy atom. The third-order valence-electron chi connectivity index (χ3n) is 4.70. The molecule has 0 aliphatic carbocycles. The molecule has 3 aromatic carbocycles. The Kier molecular flexibility index (Phi) is 4.77. The summed E-state index contributed by atoms with van der Waals surface area (Å²) in [4.78, 5) is 16.7. The maximum atomic E-state index is 12.2. The Morgan fingerprint density at radius 3 is 2.46 bits per heavy atom. The first-order valence-corrected chi connectivity index (χ1v) is 9.14. The molecule has 1 N–H and O–H groups in total. The summed E-state index contributed by atoms with van der Waals surface area (Å²) in [7, 11) is 0. The highest BCUT2D eigenvalue weighted by Crippen LogP contribution is 2.31. The monoisotopic (exact) mass is 368 g/mol. The van der Waals surface area contributed by atoms with Crippen LogP contribution in [0.5, 0.6) is 5.75 Å². The lowest BCUT2D eigenvalue weighted by Gasteiger charge is -2.04. The second kappa shape index (κ2) is 7.53. The van der Waals surface area contributed by atoms with Crippen LogP contribution < -0.4 is 0 Å². The van der Waals surface area contributed by atoms with Gasteiger partial charge in [-0.2, -0.15) is 0 Å². The molecule has 0 unspecified atom stereocenters. The van der Waals surface area contributed by atoms with E-state index in [1.54, 1.807) is 12.3 Å². The van der Waals surface area contributed by atoms with Crippen molar-refractivity contribution in [3.63, 3.8) is 0 Å². The minimum absolute atomic E-state index is 0.0648. The average Bonchev–Trinajstić information content (AvgIpc) is 3.00. The molecule has 4 aromatic rings. The first-order chi connectivity index (χ1) is 13.6. The number of hydrogen-bond acceptors (Lipinski definition) is 3. The number of rotatable bonds is 4. The van der Waals surface area contributed by atoms with Gasteiger partial charge in [0.1, 0.15) is 5.69 Å². The Hall–Kier alpha value is -3.66. The topological polar surface area (TPSA) is 54.6 Å². The molecular formula is C24H20N2O2. The number of benzene rings is 3. The minimum atomic E-state index is -0.171. The van der Waals surface area contributed by atoms with Gasteiger partial charge in [-0.15, -0.1) is 0 Å². The smallest absolute Gasteiger partial charge is 0.228 e. The van der Waals surface area contributed by atoms with Crippen LogP contribution >= 0.6 is 0 Å². The molecule has 0 aliphatic heterocycles. The van der Waals surface area contributed by atoms with Gasteiger partial charge in [0.25, 0.3) is 0 Å². The van der Waals surface area contributed by atoms with Gasteiger partial charge in [0.15, 0.2) is 5.75 Å². The standard InChI is InChI=1S/C24H20N2O2/c1-17(27)26-22-13-6-5-12-21(22)24(28)23(26)16-25-20-11-7-10-19(15-20)14-18-8-3-2-4-9-18/h2-13,15-16,28H,14H2,1H3. The molecule has 0 saturated carbocycles. The lowest BCUT2D eigenvalue weighted by atomic mass is 10.0. The van der Waals surface area contributed by atoms with Crippen LogP contribution in [0, 0.1) is 0 Å². The lowest BCUT2D eigenvalue weighted by Crippen LogP contribution is -2.08. The van der Waals surface area contributed by atoms with Gasteiger partial charge in [-0.3, -0.25) is 14.4 Å². The molecule has 138 valence electrons. The number of aromatic nitrogens is 1. The molecule has 4 heteroatoms. The fourth-order valence-electron chi connectivity index (χ4n) is 3.41. The van der Waals surface area contributed by atoms with Gasteiger partial charge in [-0.25, -0.2) is 0 Å². The number of hydrogen-bond donors (Lipinski definition) is 1. The second-order valence-corrected chi connectivity index (χ2v) is 6.70. The van der Waals surface area contributed by atoms with Crippen molar-refractivity contribution in [3.8, 4) is 5.75 Å². The van der Waals surface area contributed by atoms with Crippen molar-refractivity contribution in [1.82, 2.24) is 4.57 Å². The normalized spacial score (nSPS) is 11.3. The summed E-state index contributed by atoms with van der Waals surface area (Å²) in [5.41, 5.74) is 4.22.